The highest BCUT2D eigenvalue weighted by atomic mass is 16.1. The molecular weight excluding hydrogens is 226 g/mol. The number of fused-ring (bicyclic) bond motifs is 1. The quantitative estimate of drug-likeness (QED) is 0.639. The van der Waals surface area contributed by atoms with E-state index in [1.165, 1.54) is 12.4 Å². The molecule has 0 unspecified atom stereocenters. The molecule has 18 heavy (non-hydrogen) atoms. The van der Waals surface area contributed by atoms with Gasteiger partial charge in [0.2, 0.25) is 5.78 Å². The lowest BCUT2D eigenvalue weighted by atomic mass is 10.0. The molecule has 0 spiro atoms. The summed E-state index contributed by atoms with van der Waals surface area (Å²) in [6, 6.07) is 9.17. The Hall–Kier alpha value is -2.62. The first-order chi connectivity index (χ1) is 8.86. The number of hydrogen-bond donors (Lipinski definition) is 0. The normalized spacial score (nSPS) is 10.4. The van der Waals surface area contributed by atoms with E-state index in [4.69, 9.17) is 0 Å². The van der Waals surface area contributed by atoms with Crippen molar-refractivity contribution in [2.45, 2.75) is 0 Å². The average molecular weight is 235 g/mol. The van der Waals surface area contributed by atoms with Gasteiger partial charge in [-0.1, -0.05) is 18.2 Å². The van der Waals surface area contributed by atoms with Crippen LogP contribution in [0.3, 0.4) is 0 Å². The number of benzene rings is 1. The van der Waals surface area contributed by atoms with Crippen molar-refractivity contribution in [1.82, 2.24) is 15.0 Å². The molecule has 0 saturated heterocycles. The molecule has 2 aromatic heterocycles. The largest absolute Gasteiger partial charge is 0.287 e. The van der Waals surface area contributed by atoms with E-state index in [0.717, 1.165) is 10.9 Å². The van der Waals surface area contributed by atoms with Gasteiger partial charge in [0.1, 0.15) is 5.69 Å². The van der Waals surface area contributed by atoms with Crippen molar-refractivity contribution in [3.05, 3.63) is 66.4 Å². The zero-order valence-corrected chi connectivity index (χ0v) is 9.45. The number of carbonyl (C=O) groups excluding carboxylic acids is 1. The number of aromatic nitrogens is 3. The standard InChI is InChI=1S/C14H9N3O/c18-14(13-9-15-7-8-17-13)11-3-1-5-12-10(11)4-2-6-16-12/h1-9H. The van der Waals surface area contributed by atoms with E-state index in [1.54, 1.807) is 18.5 Å². The highest BCUT2D eigenvalue weighted by molar-refractivity contribution is 6.14. The van der Waals surface area contributed by atoms with Crippen molar-refractivity contribution < 1.29 is 4.79 Å². The monoisotopic (exact) mass is 235 g/mol. The van der Waals surface area contributed by atoms with Crippen LogP contribution in [0.4, 0.5) is 0 Å². The van der Waals surface area contributed by atoms with E-state index in [2.05, 4.69) is 15.0 Å². The van der Waals surface area contributed by atoms with Gasteiger partial charge in [-0.15, -0.1) is 0 Å². The summed E-state index contributed by atoms with van der Waals surface area (Å²) in [5, 5.41) is 0.829. The Labute approximate surface area is 103 Å². The van der Waals surface area contributed by atoms with Crippen molar-refractivity contribution in [2.24, 2.45) is 0 Å². The predicted octanol–water partition coefficient (Wildman–Crippen LogP) is 2.26. The van der Waals surface area contributed by atoms with Crippen LogP contribution in [0.1, 0.15) is 16.1 Å². The molecule has 0 aliphatic heterocycles. The number of nitrogens with zero attached hydrogens (tertiary/aromatic N) is 3. The summed E-state index contributed by atoms with van der Waals surface area (Å²) in [5.41, 5.74) is 1.74. The first-order valence-corrected chi connectivity index (χ1v) is 5.51. The molecule has 0 radical (unpaired) electrons. The van der Waals surface area contributed by atoms with Crippen molar-refractivity contribution >= 4 is 16.7 Å². The fourth-order valence-electron chi connectivity index (χ4n) is 1.86. The van der Waals surface area contributed by atoms with Gasteiger partial charge in [-0.2, -0.15) is 0 Å². The molecule has 1 aromatic carbocycles. The zero-order valence-electron chi connectivity index (χ0n) is 9.45. The van der Waals surface area contributed by atoms with Crippen molar-refractivity contribution in [1.29, 1.82) is 0 Å². The van der Waals surface area contributed by atoms with Gasteiger partial charge in [0.15, 0.2) is 0 Å². The molecule has 4 heteroatoms. The van der Waals surface area contributed by atoms with Crippen molar-refractivity contribution in [3.8, 4) is 0 Å². The summed E-state index contributed by atoms with van der Waals surface area (Å²) in [4.78, 5) is 24.5. The summed E-state index contributed by atoms with van der Waals surface area (Å²) in [6.07, 6.45) is 6.23. The van der Waals surface area contributed by atoms with Gasteiger partial charge >= 0.3 is 0 Å². The molecule has 0 amide bonds. The van der Waals surface area contributed by atoms with Gasteiger partial charge in [0.05, 0.1) is 11.7 Å². The maximum Gasteiger partial charge on any atom is 0.213 e. The Bertz CT molecular complexity index is 705. The molecule has 0 aliphatic rings. The third-order valence-electron chi connectivity index (χ3n) is 2.69. The molecule has 4 nitrogen and oxygen atoms in total. The van der Waals surface area contributed by atoms with Crippen LogP contribution >= 0.6 is 0 Å². The Kier molecular flexibility index (Phi) is 2.53. The van der Waals surface area contributed by atoms with Crippen molar-refractivity contribution in [3.63, 3.8) is 0 Å². The van der Waals surface area contributed by atoms with Crippen LogP contribution in [-0.2, 0) is 0 Å². The Morgan fingerprint density at radius 2 is 1.89 bits per heavy atom. The van der Waals surface area contributed by atoms with Gasteiger partial charge in [-0.25, -0.2) is 4.98 Å². The fraction of sp³-hybridized carbons (Fsp3) is 0. The lowest BCUT2D eigenvalue weighted by Gasteiger charge is -2.04. The number of ketones is 1. The Morgan fingerprint density at radius 3 is 2.72 bits per heavy atom. The third-order valence-corrected chi connectivity index (χ3v) is 2.69. The van der Waals surface area contributed by atoms with Crippen LogP contribution in [0.5, 0.6) is 0 Å². The maximum atomic E-state index is 12.3. The Morgan fingerprint density at radius 1 is 0.944 bits per heavy atom. The number of rotatable bonds is 2. The third kappa shape index (κ3) is 1.73. The predicted molar refractivity (Wildman–Crippen MR) is 67.2 cm³/mol. The second-order valence-corrected chi connectivity index (χ2v) is 3.80. The molecule has 0 fully saturated rings. The molecule has 3 aromatic rings. The first-order valence-electron chi connectivity index (χ1n) is 5.51. The zero-order chi connectivity index (χ0) is 12.4. The summed E-state index contributed by atoms with van der Waals surface area (Å²) < 4.78 is 0. The molecule has 3 rings (SSSR count). The van der Waals surface area contributed by atoms with Crippen LogP contribution in [0.2, 0.25) is 0 Å². The Balaban J connectivity index is 2.18. The van der Waals surface area contributed by atoms with Crippen LogP contribution in [0, 0.1) is 0 Å². The second-order valence-electron chi connectivity index (χ2n) is 3.80. The summed E-state index contributed by atoms with van der Waals surface area (Å²) >= 11 is 0. The summed E-state index contributed by atoms with van der Waals surface area (Å²) in [6.45, 7) is 0. The molecule has 86 valence electrons. The SMILES string of the molecule is O=C(c1cnccn1)c1cccc2ncccc12. The second kappa shape index (κ2) is 4.33. The maximum absolute atomic E-state index is 12.3. The van der Waals surface area contributed by atoms with E-state index in [1.807, 2.05) is 24.3 Å². The molecule has 0 atom stereocenters. The minimum absolute atomic E-state index is 0.137. The average Bonchev–Trinajstić information content (AvgIpc) is 2.47. The smallest absolute Gasteiger partial charge is 0.213 e. The van der Waals surface area contributed by atoms with E-state index < -0.39 is 0 Å². The van der Waals surface area contributed by atoms with Crippen LogP contribution in [-0.4, -0.2) is 20.7 Å². The first kappa shape index (κ1) is 10.5. The molecule has 0 N–H and O–H groups in total. The summed E-state index contributed by atoms with van der Waals surface area (Å²) in [5.74, 6) is -0.137. The van der Waals surface area contributed by atoms with E-state index in [9.17, 15) is 4.79 Å². The topological polar surface area (TPSA) is 55.7 Å². The molecule has 2 heterocycles. The van der Waals surface area contributed by atoms with Gasteiger partial charge in [0, 0.05) is 29.5 Å². The number of carbonyl (C=O) groups is 1. The number of hydrogen-bond acceptors (Lipinski definition) is 4. The minimum Gasteiger partial charge on any atom is -0.287 e. The van der Waals surface area contributed by atoms with E-state index in [-0.39, 0.29) is 5.78 Å². The van der Waals surface area contributed by atoms with Crippen molar-refractivity contribution in [2.75, 3.05) is 0 Å². The van der Waals surface area contributed by atoms with Gasteiger partial charge in [-0.3, -0.25) is 14.8 Å². The highest BCUT2D eigenvalue weighted by Crippen LogP contribution is 2.18. The van der Waals surface area contributed by atoms with Gasteiger partial charge in [-0.05, 0) is 12.1 Å². The van der Waals surface area contributed by atoms with Crippen LogP contribution in [0.15, 0.2) is 55.1 Å². The van der Waals surface area contributed by atoms with E-state index >= 15 is 0 Å². The minimum atomic E-state index is -0.137. The lowest BCUT2D eigenvalue weighted by molar-refractivity contribution is 0.103. The molecule has 0 saturated carbocycles. The van der Waals surface area contributed by atoms with Crippen LogP contribution < -0.4 is 0 Å². The highest BCUT2D eigenvalue weighted by Gasteiger charge is 2.13. The summed E-state index contributed by atoms with van der Waals surface area (Å²) in [7, 11) is 0. The van der Waals surface area contributed by atoms with E-state index in [0.29, 0.717) is 11.3 Å². The molecular formula is C14H9N3O. The van der Waals surface area contributed by atoms with Crippen LogP contribution in [0.25, 0.3) is 10.9 Å². The van der Waals surface area contributed by atoms with Gasteiger partial charge < -0.3 is 0 Å². The lowest BCUT2D eigenvalue weighted by Crippen LogP contribution is -2.05. The number of pyridine rings is 1. The van der Waals surface area contributed by atoms with Gasteiger partial charge in [0.25, 0.3) is 0 Å². The molecule has 0 bridgehead atoms. The molecule has 0 aliphatic carbocycles. The fourth-order valence-corrected chi connectivity index (χ4v) is 1.86.